The van der Waals surface area contributed by atoms with E-state index in [-0.39, 0.29) is 35.7 Å². The van der Waals surface area contributed by atoms with Gasteiger partial charge in [-0.2, -0.15) is 0 Å². The first-order chi connectivity index (χ1) is 16.4. The van der Waals surface area contributed by atoms with E-state index in [4.69, 9.17) is 11.6 Å². The van der Waals surface area contributed by atoms with Gasteiger partial charge in [0, 0.05) is 36.7 Å². The molecule has 0 radical (unpaired) electrons. The van der Waals surface area contributed by atoms with E-state index in [0.717, 1.165) is 31.2 Å². The molecular weight excluding hydrogens is 450 g/mol. The van der Waals surface area contributed by atoms with Gasteiger partial charge in [-0.05, 0) is 56.4 Å². The van der Waals surface area contributed by atoms with Gasteiger partial charge in [-0.25, -0.2) is 0 Å². The number of likely N-dealkylation sites (tertiary alicyclic amines) is 1. The molecule has 3 amide bonds. The molecule has 1 aliphatic carbocycles. The van der Waals surface area contributed by atoms with Crippen molar-refractivity contribution in [3.63, 3.8) is 0 Å². The van der Waals surface area contributed by atoms with Crippen molar-refractivity contribution in [2.45, 2.75) is 57.5 Å². The van der Waals surface area contributed by atoms with Gasteiger partial charge in [0.15, 0.2) is 0 Å². The van der Waals surface area contributed by atoms with E-state index in [0.29, 0.717) is 42.1 Å². The number of benzene rings is 2. The summed E-state index contributed by atoms with van der Waals surface area (Å²) in [6.07, 6.45) is 5.02. The zero-order valence-electron chi connectivity index (χ0n) is 19.6. The highest BCUT2D eigenvalue weighted by molar-refractivity contribution is 6.33. The van der Waals surface area contributed by atoms with E-state index in [2.05, 4.69) is 10.6 Å². The Hall–Kier alpha value is -2.86. The molecule has 2 aromatic carbocycles. The predicted octanol–water partition coefficient (Wildman–Crippen LogP) is 4.36. The lowest BCUT2D eigenvalue weighted by atomic mass is 9.88. The summed E-state index contributed by atoms with van der Waals surface area (Å²) in [5, 5.41) is 6.83. The van der Waals surface area contributed by atoms with Crippen LogP contribution >= 0.6 is 11.6 Å². The van der Waals surface area contributed by atoms with Gasteiger partial charge in [0.2, 0.25) is 5.91 Å². The number of nitrogens with zero attached hydrogens (tertiary/aromatic N) is 1. The number of hydrogen-bond acceptors (Lipinski definition) is 3. The molecule has 1 unspecified atom stereocenters. The molecule has 34 heavy (non-hydrogen) atoms. The number of aryl methyl sites for hydroxylation is 1. The second-order valence-corrected chi connectivity index (χ2v) is 9.75. The lowest BCUT2D eigenvalue weighted by molar-refractivity contribution is -0.127. The Labute approximate surface area is 206 Å². The van der Waals surface area contributed by atoms with Crippen molar-refractivity contribution in [2.24, 2.45) is 5.92 Å². The molecule has 1 saturated carbocycles. The van der Waals surface area contributed by atoms with E-state index in [1.165, 1.54) is 0 Å². The van der Waals surface area contributed by atoms with E-state index >= 15 is 0 Å². The fourth-order valence-electron chi connectivity index (χ4n) is 5.00. The number of carbonyl (C=O) groups excluding carboxylic acids is 3. The zero-order valence-corrected chi connectivity index (χ0v) is 20.3. The van der Waals surface area contributed by atoms with E-state index in [9.17, 15) is 14.4 Å². The van der Waals surface area contributed by atoms with Gasteiger partial charge in [0.1, 0.15) is 0 Å². The van der Waals surface area contributed by atoms with Gasteiger partial charge in [-0.1, -0.05) is 54.8 Å². The van der Waals surface area contributed by atoms with Crippen LogP contribution in [0.2, 0.25) is 5.02 Å². The van der Waals surface area contributed by atoms with Gasteiger partial charge in [-0.15, -0.1) is 0 Å². The Morgan fingerprint density at radius 2 is 1.41 bits per heavy atom. The first kappa shape index (κ1) is 24.3. The fourth-order valence-corrected chi connectivity index (χ4v) is 5.22. The molecule has 2 N–H and O–H groups in total. The van der Waals surface area contributed by atoms with Crippen LogP contribution in [0.25, 0.3) is 0 Å². The Kier molecular flexibility index (Phi) is 7.88. The molecule has 2 aliphatic rings. The molecule has 2 atom stereocenters. The number of hydrogen-bond donors (Lipinski definition) is 2. The second-order valence-electron chi connectivity index (χ2n) is 9.34. The van der Waals surface area contributed by atoms with Crippen LogP contribution in [-0.4, -0.2) is 47.8 Å². The molecule has 0 bridgehead atoms. The third-order valence-electron chi connectivity index (χ3n) is 7.06. The first-order valence-corrected chi connectivity index (χ1v) is 12.5. The summed E-state index contributed by atoms with van der Waals surface area (Å²) in [5.41, 5.74) is 2.12. The standard InChI is InChI=1S/C27H32ClN3O3/c1-18-8-2-3-9-20(18)26(33)30-24-13-7-6-12-23(24)29-25(32)19-14-16-31(17-15-19)27(34)21-10-4-5-11-22(21)28/h2-5,8-11,19,23-24H,6-7,12-17H2,1H3,(H,29,32)(H,30,33)/t23?,24-/m1/s1. The lowest BCUT2D eigenvalue weighted by Crippen LogP contribution is -2.55. The van der Waals surface area contributed by atoms with E-state index in [1.807, 2.05) is 31.2 Å². The van der Waals surface area contributed by atoms with Crippen molar-refractivity contribution >= 4 is 29.3 Å². The Morgan fingerprint density at radius 1 is 0.824 bits per heavy atom. The highest BCUT2D eigenvalue weighted by Crippen LogP contribution is 2.24. The number of halogens is 1. The van der Waals surface area contributed by atoms with Crippen LogP contribution in [0.5, 0.6) is 0 Å². The minimum absolute atomic E-state index is 0.0203. The van der Waals surface area contributed by atoms with E-state index in [1.54, 1.807) is 29.2 Å². The molecule has 4 rings (SSSR count). The normalized spacial score (nSPS) is 21.1. The molecule has 1 heterocycles. The zero-order chi connectivity index (χ0) is 24.1. The molecule has 0 aromatic heterocycles. The summed E-state index contributed by atoms with van der Waals surface area (Å²) < 4.78 is 0. The average Bonchev–Trinajstić information content (AvgIpc) is 2.85. The van der Waals surface area contributed by atoms with Crippen LogP contribution in [0.4, 0.5) is 0 Å². The molecule has 1 saturated heterocycles. The molecule has 1 aliphatic heterocycles. The van der Waals surface area contributed by atoms with Gasteiger partial charge in [0.05, 0.1) is 10.6 Å². The van der Waals surface area contributed by atoms with Gasteiger partial charge < -0.3 is 15.5 Å². The number of piperidine rings is 1. The molecule has 2 fully saturated rings. The first-order valence-electron chi connectivity index (χ1n) is 12.1. The predicted molar refractivity (Wildman–Crippen MR) is 133 cm³/mol. The molecular formula is C27H32ClN3O3. The Morgan fingerprint density at radius 3 is 2.06 bits per heavy atom. The van der Waals surface area contributed by atoms with Gasteiger partial charge in [-0.3, -0.25) is 14.4 Å². The summed E-state index contributed by atoms with van der Waals surface area (Å²) in [6.45, 7) is 2.98. The smallest absolute Gasteiger partial charge is 0.255 e. The summed E-state index contributed by atoms with van der Waals surface area (Å²) in [7, 11) is 0. The summed E-state index contributed by atoms with van der Waals surface area (Å²) in [6, 6.07) is 14.5. The molecule has 2 aromatic rings. The third-order valence-corrected chi connectivity index (χ3v) is 7.39. The summed E-state index contributed by atoms with van der Waals surface area (Å²) in [4.78, 5) is 40.5. The third kappa shape index (κ3) is 5.61. The van der Waals surface area contributed by atoms with Crippen molar-refractivity contribution in [1.82, 2.24) is 15.5 Å². The van der Waals surface area contributed by atoms with Crippen molar-refractivity contribution in [1.29, 1.82) is 0 Å². The largest absolute Gasteiger partial charge is 0.351 e. The number of amides is 3. The average molecular weight is 482 g/mol. The van der Waals surface area contributed by atoms with Gasteiger partial charge >= 0.3 is 0 Å². The van der Waals surface area contributed by atoms with Crippen LogP contribution in [0.15, 0.2) is 48.5 Å². The Bertz CT molecular complexity index is 1050. The maximum atomic E-state index is 13.1. The van der Waals surface area contributed by atoms with Crippen molar-refractivity contribution in [3.8, 4) is 0 Å². The minimum Gasteiger partial charge on any atom is -0.351 e. The van der Waals surface area contributed by atoms with Crippen LogP contribution < -0.4 is 10.6 Å². The quantitative estimate of drug-likeness (QED) is 0.666. The Balaban J connectivity index is 1.32. The fraction of sp³-hybridized carbons (Fsp3) is 0.444. The molecule has 7 heteroatoms. The summed E-state index contributed by atoms with van der Waals surface area (Å²) in [5.74, 6) is -0.289. The van der Waals surface area contributed by atoms with Crippen LogP contribution in [0, 0.1) is 12.8 Å². The monoisotopic (exact) mass is 481 g/mol. The lowest BCUT2D eigenvalue weighted by Gasteiger charge is -2.36. The number of carbonyl (C=O) groups is 3. The SMILES string of the molecule is Cc1ccccc1C(=O)N[C@@H]1CCCCC1NC(=O)C1CCN(C(=O)c2ccccc2Cl)CC1. The van der Waals surface area contributed by atoms with Crippen molar-refractivity contribution in [3.05, 3.63) is 70.2 Å². The topological polar surface area (TPSA) is 78.5 Å². The minimum atomic E-state index is -0.134. The maximum absolute atomic E-state index is 13.1. The highest BCUT2D eigenvalue weighted by atomic mass is 35.5. The van der Waals surface area contributed by atoms with E-state index < -0.39 is 0 Å². The second kappa shape index (κ2) is 11.0. The van der Waals surface area contributed by atoms with Crippen LogP contribution in [-0.2, 0) is 4.79 Å². The molecule has 0 spiro atoms. The molecule has 180 valence electrons. The highest BCUT2D eigenvalue weighted by Gasteiger charge is 2.33. The van der Waals surface area contributed by atoms with Crippen LogP contribution in [0.1, 0.15) is 64.8 Å². The maximum Gasteiger partial charge on any atom is 0.255 e. The summed E-state index contributed by atoms with van der Waals surface area (Å²) >= 11 is 6.18. The van der Waals surface area contributed by atoms with Gasteiger partial charge in [0.25, 0.3) is 11.8 Å². The number of nitrogens with one attached hydrogen (secondary N) is 2. The molecule has 6 nitrogen and oxygen atoms in total. The van der Waals surface area contributed by atoms with Crippen molar-refractivity contribution < 1.29 is 14.4 Å². The number of rotatable bonds is 5. The van der Waals surface area contributed by atoms with Crippen LogP contribution in [0.3, 0.4) is 0 Å². The van der Waals surface area contributed by atoms with Crippen molar-refractivity contribution in [2.75, 3.05) is 13.1 Å².